The van der Waals surface area contributed by atoms with Gasteiger partial charge in [0.2, 0.25) is 5.43 Å². The van der Waals surface area contributed by atoms with Gasteiger partial charge in [-0.15, -0.1) is 0 Å². The van der Waals surface area contributed by atoms with E-state index in [9.17, 15) is 9.90 Å². The highest BCUT2D eigenvalue weighted by molar-refractivity contribution is 5.20. The van der Waals surface area contributed by atoms with Crippen molar-refractivity contribution in [3.8, 4) is 5.75 Å². The predicted molar refractivity (Wildman–Crippen MR) is 73.2 cm³/mol. The first-order chi connectivity index (χ1) is 9.11. The molecule has 0 amide bonds. The Kier molecular flexibility index (Phi) is 4.61. The summed E-state index contributed by atoms with van der Waals surface area (Å²) in [5.41, 5.74) is 0.499. The van der Waals surface area contributed by atoms with Crippen molar-refractivity contribution in [3.05, 3.63) is 28.2 Å². The topological polar surface area (TPSA) is 65.7 Å². The molecule has 0 saturated carbocycles. The van der Waals surface area contributed by atoms with Gasteiger partial charge in [-0.3, -0.25) is 9.69 Å². The first kappa shape index (κ1) is 14.1. The van der Waals surface area contributed by atoms with Gasteiger partial charge in [-0.2, -0.15) is 0 Å². The molecule has 2 N–H and O–H groups in total. The van der Waals surface area contributed by atoms with Crippen molar-refractivity contribution in [2.45, 2.75) is 45.3 Å². The minimum atomic E-state index is -0.353. The van der Waals surface area contributed by atoms with E-state index >= 15 is 0 Å². The zero-order valence-electron chi connectivity index (χ0n) is 11.4. The van der Waals surface area contributed by atoms with Crippen LogP contribution in [0.2, 0.25) is 0 Å². The lowest BCUT2D eigenvalue weighted by molar-refractivity contribution is 0.147. The number of piperidine rings is 1. The van der Waals surface area contributed by atoms with Gasteiger partial charge in [0.05, 0.1) is 12.8 Å². The highest BCUT2D eigenvalue weighted by Gasteiger charge is 2.19. The number of nitrogens with zero attached hydrogens (tertiary/aromatic N) is 2. The van der Waals surface area contributed by atoms with Crippen molar-refractivity contribution >= 4 is 0 Å². The largest absolute Gasteiger partial charge is 0.503 e. The molecule has 0 aliphatic carbocycles. The highest BCUT2D eigenvalue weighted by Crippen LogP contribution is 2.19. The summed E-state index contributed by atoms with van der Waals surface area (Å²) in [5.74, 6) is -0.260. The molecule has 1 atom stereocenters. The van der Waals surface area contributed by atoms with Gasteiger partial charge in [0.25, 0.3) is 0 Å². The molecule has 1 saturated heterocycles. The second-order valence-electron chi connectivity index (χ2n) is 5.25. The number of aromatic nitrogens is 1. The number of hydrogen-bond acceptors (Lipinski definition) is 4. The Morgan fingerprint density at radius 1 is 1.42 bits per heavy atom. The molecule has 0 aromatic carbocycles. The van der Waals surface area contributed by atoms with E-state index in [1.54, 1.807) is 4.57 Å². The third-order valence-corrected chi connectivity index (χ3v) is 3.84. The summed E-state index contributed by atoms with van der Waals surface area (Å²) in [5, 5.41) is 18.5. The van der Waals surface area contributed by atoms with Crippen LogP contribution < -0.4 is 5.43 Å². The molecule has 19 heavy (non-hydrogen) atoms. The van der Waals surface area contributed by atoms with Gasteiger partial charge < -0.3 is 14.8 Å². The maximum Gasteiger partial charge on any atom is 0.223 e. The van der Waals surface area contributed by atoms with Crippen LogP contribution in [0.5, 0.6) is 5.75 Å². The van der Waals surface area contributed by atoms with E-state index in [1.165, 1.54) is 31.5 Å². The van der Waals surface area contributed by atoms with Crippen LogP contribution in [0.3, 0.4) is 0 Å². The van der Waals surface area contributed by atoms with Crippen LogP contribution in [0.25, 0.3) is 0 Å². The molecule has 0 bridgehead atoms. The standard InChI is InChI=1S/C14H22N2O3/c1-11-4-2-3-5-15(11)9-12-8-13(18)14(19)10-16(12)6-7-17/h8,10-11,17,19H,2-7,9H2,1H3. The summed E-state index contributed by atoms with van der Waals surface area (Å²) in [7, 11) is 0. The molecule has 1 aliphatic rings. The van der Waals surface area contributed by atoms with Crippen LogP contribution in [0.15, 0.2) is 17.1 Å². The van der Waals surface area contributed by atoms with Crippen molar-refractivity contribution < 1.29 is 10.2 Å². The first-order valence-electron chi connectivity index (χ1n) is 6.89. The number of hydrogen-bond donors (Lipinski definition) is 2. The minimum absolute atomic E-state index is 0.00906. The Morgan fingerprint density at radius 2 is 2.21 bits per heavy atom. The van der Waals surface area contributed by atoms with Crippen LogP contribution in [0.1, 0.15) is 31.9 Å². The van der Waals surface area contributed by atoms with Gasteiger partial charge in [-0.1, -0.05) is 6.42 Å². The maximum atomic E-state index is 11.6. The number of aliphatic hydroxyl groups excluding tert-OH is 1. The molecule has 1 aromatic rings. The average Bonchev–Trinajstić information content (AvgIpc) is 2.38. The lowest BCUT2D eigenvalue weighted by Gasteiger charge is -2.33. The SMILES string of the molecule is CC1CCCCN1Cc1cc(=O)c(O)cn1CCO. The van der Waals surface area contributed by atoms with Gasteiger partial charge in [0.1, 0.15) is 0 Å². The van der Waals surface area contributed by atoms with Gasteiger partial charge in [0, 0.05) is 30.9 Å². The molecule has 1 fully saturated rings. The van der Waals surface area contributed by atoms with E-state index in [0.717, 1.165) is 12.2 Å². The number of pyridine rings is 1. The number of aromatic hydroxyl groups is 1. The molecule has 106 valence electrons. The molecule has 1 unspecified atom stereocenters. The molecular weight excluding hydrogens is 244 g/mol. The number of likely N-dealkylation sites (tertiary alicyclic amines) is 1. The summed E-state index contributed by atoms with van der Waals surface area (Å²) >= 11 is 0. The number of rotatable bonds is 4. The summed E-state index contributed by atoms with van der Waals surface area (Å²) in [6.07, 6.45) is 5.05. The van der Waals surface area contributed by atoms with Crippen molar-refractivity contribution in [1.29, 1.82) is 0 Å². The van der Waals surface area contributed by atoms with Gasteiger partial charge in [-0.25, -0.2) is 0 Å². The summed E-state index contributed by atoms with van der Waals surface area (Å²) < 4.78 is 1.76. The highest BCUT2D eigenvalue weighted by atomic mass is 16.3. The van der Waals surface area contributed by atoms with E-state index in [1.807, 2.05) is 0 Å². The fourth-order valence-electron chi connectivity index (χ4n) is 2.66. The van der Waals surface area contributed by atoms with E-state index in [2.05, 4.69) is 11.8 Å². The van der Waals surface area contributed by atoms with Crippen LogP contribution in [0.4, 0.5) is 0 Å². The van der Waals surface area contributed by atoms with Gasteiger partial charge in [-0.05, 0) is 26.3 Å². The maximum absolute atomic E-state index is 11.6. The monoisotopic (exact) mass is 266 g/mol. The zero-order chi connectivity index (χ0) is 13.8. The van der Waals surface area contributed by atoms with E-state index in [4.69, 9.17) is 5.11 Å². The lowest BCUT2D eigenvalue weighted by Crippen LogP contribution is -2.37. The molecule has 0 radical (unpaired) electrons. The number of aliphatic hydroxyl groups is 1. The van der Waals surface area contributed by atoms with Crippen LogP contribution in [-0.4, -0.2) is 38.9 Å². The zero-order valence-corrected chi connectivity index (χ0v) is 11.4. The third-order valence-electron chi connectivity index (χ3n) is 3.84. The minimum Gasteiger partial charge on any atom is -0.503 e. The molecule has 2 heterocycles. The van der Waals surface area contributed by atoms with Crippen LogP contribution >= 0.6 is 0 Å². The van der Waals surface area contributed by atoms with Crippen molar-refractivity contribution in [2.24, 2.45) is 0 Å². The Hall–Kier alpha value is -1.33. The molecule has 0 spiro atoms. The molecule has 5 nitrogen and oxygen atoms in total. The molecule has 2 rings (SSSR count). The van der Waals surface area contributed by atoms with Gasteiger partial charge >= 0.3 is 0 Å². The Morgan fingerprint density at radius 3 is 2.89 bits per heavy atom. The fourth-order valence-corrected chi connectivity index (χ4v) is 2.66. The normalized spacial score (nSPS) is 20.6. The fraction of sp³-hybridized carbons (Fsp3) is 0.643. The molecule has 1 aliphatic heterocycles. The summed E-state index contributed by atoms with van der Waals surface area (Å²) in [6, 6.07) is 1.99. The van der Waals surface area contributed by atoms with E-state index in [0.29, 0.717) is 19.1 Å². The average molecular weight is 266 g/mol. The second-order valence-corrected chi connectivity index (χ2v) is 5.25. The molecular formula is C14H22N2O3. The van der Waals surface area contributed by atoms with Crippen LogP contribution in [-0.2, 0) is 13.1 Å². The van der Waals surface area contributed by atoms with Crippen LogP contribution in [0, 0.1) is 0 Å². The first-order valence-corrected chi connectivity index (χ1v) is 6.89. The quantitative estimate of drug-likeness (QED) is 0.850. The lowest BCUT2D eigenvalue weighted by atomic mass is 10.0. The second kappa shape index (κ2) is 6.21. The molecule has 5 heteroatoms. The Labute approximate surface area is 113 Å². The van der Waals surface area contributed by atoms with E-state index < -0.39 is 0 Å². The summed E-state index contributed by atoms with van der Waals surface area (Å²) in [6.45, 7) is 4.32. The van der Waals surface area contributed by atoms with Crippen molar-refractivity contribution in [1.82, 2.24) is 9.47 Å². The third kappa shape index (κ3) is 3.36. The van der Waals surface area contributed by atoms with E-state index in [-0.39, 0.29) is 17.8 Å². The van der Waals surface area contributed by atoms with Crippen molar-refractivity contribution in [3.63, 3.8) is 0 Å². The van der Waals surface area contributed by atoms with Gasteiger partial charge in [0.15, 0.2) is 5.75 Å². The Balaban J connectivity index is 2.22. The summed E-state index contributed by atoms with van der Waals surface area (Å²) in [4.78, 5) is 13.9. The predicted octanol–water partition coefficient (Wildman–Crippen LogP) is 0.921. The smallest absolute Gasteiger partial charge is 0.223 e. The van der Waals surface area contributed by atoms with Crippen molar-refractivity contribution in [2.75, 3.05) is 13.2 Å². The molecule has 1 aromatic heterocycles. The Bertz CT molecular complexity index is 484.